The fourth-order valence-corrected chi connectivity index (χ4v) is 4.71. The van der Waals surface area contributed by atoms with Gasteiger partial charge in [0.25, 0.3) is 5.91 Å². The lowest BCUT2D eigenvalue weighted by Crippen LogP contribution is -2.11. The highest BCUT2D eigenvalue weighted by Gasteiger charge is 2.18. The van der Waals surface area contributed by atoms with E-state index in [0.717, 1.165) is 28.4 Å². The predicted molar refractivity (Wildman–Crippen MR) is 92.7 cm³/mol. The SMILES string of the molecule is Cc1cc(N)c(Cl)cc1NC(=O)c1cc2c(s1)CCSC2. The summed E-state index contributed by atoms with van der Waals surface area (Å²) in [6.07, 6.45) is 1.06. The summed E-state index contributed by atoms with van der Waals surface area (Å²) < 4.78 is 0. The normalized spacial score (nSPS) is 13.8. The van der Waals surface area contributed by atoms with Crippen molar-refractivity contribution >= 4 is 52.0 Å². The largest absolute Gasteiger partial charge is 0.398 e. The van der Waals surface area contributed by atoms with Gasteiger partial charge in [-0.05, 0) is 48.4 Å². The molecule has 2 heterocycles. The number of hydrogen-bond donors (Lipinski definition) is 2. The van der Waals surface area contributed by atoms with Crippen molar-refractivity contribution in [2.75, 3.05) is 16.8 Å². The third-order valence-electron chi connectivity index (χ3n) is 3.44. The van der Waals surface area contributed by atoms with E-state index < -0.39 is 0 Å². The fourth-order valence-electron chi connectivity index (χ4n) is 2.28. The molecular weight excluding hydrogens is 324 g/mol. The van der Waals surface area contributed by atoms with Crippen LogP contribution in [-0.4, -0.2) is 11.7 Å². The number of amides is 1. The van der Waals surface area contributed by atoms with Crippen molar-refractivity contribution in [2.24, 2.45) is 0 Å². The minimum atomic E-state index is -0.0802. The zero-order valence-electron chi connectivity index (χ0n) is 11.5. The molecule has 3 N–H and O–H groups in total. The molecule has 1 aromatic heterocycles. The van der Waals surface area contributed by atoms with Crippen molar-refractivity contribution < 1.29 is 4.79 Å². The highest BCUT2D eigenvalue weighted by molar-refractivity contribution is 7.98. The number of aryl methyl sites for hydroxylation is 2. The first-order chi connectivity index (χ1) is 10.0. The van der Waals surface area contributed by atoms with Crippen LogP contribution in [0.2, 0.25) is 5.02 Å². The quantitative estimate of drug-likeness (QED) is 0.801. The van der Waals surface area contributed by atoms with E-state index >= 15 is 0 Å². The van der Waals surface area contributed by atoms with E-state index in [1.807, 2.05) is 24.8 Å². The van der Waals surface area contributed by atoms with Crippen LogP contribution in [0.25, 0.3) is 0 Å². The molecule has 2 aromatic rings. The van der Waals surface area contributed by atoms with Crippen molar-refractivity contribution in [3.05, 3.63) is 44.1 Å². The maximum Gasteiger partial charge on any atom is 0.265 e. The van der Waals surface area contributed by atoms with Crippen LogP contribution in [0, 0.1) is 6.92 Å². The Balaban J connectivity index is 1.83. The standard InChI is InChI=1S/C15H15ClN2OS2/c1-8-4-11(17)10(16)6-12(8)18-15(19)14-5-9-7-20-3-2-13(9)21-14/h4-6H,2-3,7,17H2,1H3,(H,18,19). The van der Waals surface area contributed by atoms with Crippen molar-refractivity contribution in [1.29, 1.82) is 0 Å². The molecule has 1 aliphatic rings. The number of nitrogens with one attached hydrogen (secondary N) is 1. The van der Waals surface area contributed by atoms with Gasteiger partial charge in [-0.1, -0.05) is 11.6 Å². The number of carbonyl (C=O) groups is 1. The summed E-state index contributed by atoms with van der Waals surface area (Å²) in [7, 11) is 0. The first-order valence-electron chi connectivity index (χ1n) is 6.61. The summed E-state index contributed by atoms with van der Waals surface area (Å²) in [5, 5.41) is 3.38. The Kier molecular flexibility index (Phi) is 4.15. The number of thioether (sulfide) groups is 1. The van der Waals surface area contributed by atoms with Crippen LogP contribution in [0.15, 0.2) is 18.2 Å². The number of benzene rings is 1. The highest BCUT2D eigenvalue weighted by atomic mass is 35.5. The second-order valence-electron chi connectivity index (χ2n) is 5.00. The first-order valence-corrected chi connectivity index (χ1v) is 8.96. The molecule has 0 aliphatic carbocycles. The topological polar surface area (TPSA) is 55.1 Å². The van der Waals surface area contributed by atoms with Crippen molar-refractivity contribution in [3.63, 3.8) is 0 Å². The number of halogens is 1. The van der Waals surface area contributed by atoms with Gasteiger partial charge in [-0.25, -0.2) is 0 Å². The van der Waals surface area contributed by atoms with Crippen LogP contribution in [-0.2, 0) is 12.2 Å². The van der Waals surface area contributed by atoms with Crippen molar-refractivity contribution in [2.45, 2.75) is 19.1 Å². The Hall–Kier alpha value is -1.17. The minimum absolute atomic E-state index is 0.0802. The van der Waals surface area contributed by atoms with Gasteiger partial charge in [0.2, 0.25) is 0 Å². The van der Waals surface area contributed by atoms with Gasteiger partial charge in [-0.15, -0.1) is 11.3 Å². The van der Waals surface area contributed by atoms with Crippen molar-refractivity contribution in [1.82, 2.24) is 0 Å². The van der Waals surface area contributed by atoms with Crippen LogP contribution in [0.3, 0.4) is 0 Å². The average Bonchev–Trinajstić information content (AvgIpc) is 2.88. The third-order valence-corrected chi connectivity index (χ3v) is 6.01. The summed E-state index contributed by atoms with van der Waals surface area (Å²) >= 11 is 9.53. The van der Waals surface area contributed by atoms with E-state index in [-0.39, 0.29) is 5.91 Å². The van der Waals surface area contributed by atoms with Gasteiger partial charge in [0, 0.05) is 16.3 Å². The molecule has 3 nitrogen and oxygen atoms in total. The molecule has 1 amide bonds. The maximum atomic E-state index is 12.4. The van der Waals surface area contributed by atoms with E-state index in [0.29, 0.717) is 16.4 Å². The van der Waals surface area contributed by atoms with Gasteiger partial charge in [0.05, 0.1) is 15.6 Å². The Morgan fingerprint density at radius 3 is 2.95 bits per heavy atom. The molecule has 1 aliphatic heterocycles. The summed E-state index contributed by atoms with van der Waals surface area (Å²) in [5.74, 6) is 2.07. The number of hydrogen-bond acceptors (Lipinski definition) is 4. The molecule has 1 aromatic carbocycles. The van der Waals surface area contributed by atoms with E-state index in [9.17, 15) is 4.79 Å². The molecule has 0 saturated heterocycles. The molecule has 110 valence electrons. The molecule has 0 bridgehead atoms. The van der Waals surface area contributed by atoms with Gasteiger partial charge < -0.3 is 11.1 Å². The number of nitrogens with two attached hydrogens (primary N) is 1. The van der Waals surface area contributed by atoms with E-state index in [1.54, 1.807) is 23.5 Å². The monoisotopic (exact) mass is 338 g/mol. The summed E-state index contributed by atoms with van der Waals surface area (Å²) in [6, 6.07) is 5.48. The van der Waals surface area contributed by atoms with Gasteiger partial charge in [0.15, 0.2) is 0 Å². The molecule has 3 rings (SSSR count). The lowest BCUT2D eigenvalue weighted by molar-refractivity contribution is 0.103. The fraction of sp³-hybridized carbons (Fsp3) is 0.267. The number of anilines is 2. The number of carbonyl (C=O) groups excluding carboxylic acids is 1. The van der Waals surface area contributed by atoms with Gasteiger partial charge in [-0.2, -0.15) is 11.8 Å². The Morgan fingerprint density at radius 2 is 2.19 bits per heavy atom. The molecule has 0 spiro atoms. The zero-order valence-corrected chi connectivity index (χ0v) is 13.9. The average molecular weight is 339 g/mol. The zero-order chi connectivity index (χ0) is 15.0. The van der Waals surface area contributed by atoms with E-state index in [1.165, 1.54) is 10.4 Å². The lowest BCUT2D eigenvalue weighted by Gasteiger charge is -2.09. The number of rotatable bonds is 2. The van der Waals surface area contributed by atoms with Gasteiger partial charge >= 0.3 is 0 Å². The first kappa shape index (κ1) is 14.8. The summed E-state index contributed by atoms with van der Waals surface area (Å²) in [6.45, 7) is 1.90. The molecule has 6 heteroatoms. The highest BCUT2D eigenvalue weighted by Crippen LogP contribution is 2.33. The van der Waals surface area contributed by atoms with Crippen LogP contribution in [0.1, 0.15) is 25.7 Å². The van der Waals surface area contributed by atoms with Gasteiger partial charge in [-0.3, -0.25) is 4.79 Å². The molecule has 0 unspecified atom stereocenters. The third kappa shape index (κ3) is 3.05. The molecule has 0 fully saturated rings. The predicted octanol–water partition coefficient (Wildman–Crippen LogP) is 4.33. The number of thiophene rings is 1. The van der Waals surface area contributed by atoms with Gasteiger partial charge in [0.1, 0.15) is 0 Å². The van der Waals surface area contributed by atoms with Crippen molar-refractivity contribution in [3.8, 4) is 0 Å². The Labute approximate surface area is 136 Å². The second-order valence-corrected chi connectivity index (χ2v) is 7.65. The molecule has 0 atom stereocenters. The number of nitrogen functional groups attached to an aromatic ring is 1. The van der Waals surface area contributed by atoms with Crippen LogP contribution in [0.4, 0.5) is 11.4 Å². The Morgan fingerprint density at radius 1 is 1.38 bits per heavy atom. The molecule has 0 radical (unpaired) electrons. The number of fused-ring (bicyclic) bond motifs is 1. The maximum absolute atomic E-state index is 12.4. The molecule has 0 saturated carbocycles. The summed E-state index contributed by atoms with van der Waals surface area (Å²) in [5.41, 5.74) is 9.19. The van der Waals surface area contributed by atoms with Crippen LogP contribution >= 0.6 is 34.7 Å². The smallest absolute Gasteiger partial charge is 0.265 e. The van der Waals surface area contributed by atoms with E-state index in [4.69, 9.17) is 17.3 Å². The van der Waals surface area contributed by atoms with E-state index in [2.05, 4.69) is 5.32 Å². The molecular formula is C15H15ClN2OS2. The lowest BCUT2D eigenvalue weighted by atomic mass is 10.1. The van der Waals surface area contributed by atoms with Crippen LogP contribution in [0.5, 0.6) is 0 Å². The Bertz CT molecular complexity index is 688. The second kappa shape index (κ2) is 5.91. The van der Waals surface area contributed by atoms with Crippen LogP contribution < -0.4 is 11.1 Å². The molecule has 21 heavy (non-hydrogen) atoms. The summed E-state index contributed by atoms with van der Waals surface area (Å²) in [4.78, 5) is 14.5. The minimum Gasteiger partial charge on any atom is -0.398 e.